The fourth-order valence-electron chi connectivity index (χ4n) is 3.40. The summed E-state index contributed by atoms with van der Waals surface area (Å²) in [6, 6.07) is 14.9. The molecule has 0 amide bonds. The van der Waals surface area contributed by atoms with Gasteiger partial charge in [0.25, 0.3) is 0 Å². The first-order chi connectivity index (χ1) is 13.3. The molecule has 0 spiro atoms. The lowest BCUT2D eigenvalue weighted by molar-refractivity contribution is 0.305. The van der Waals surface area contributed by atoms with Gasteiger partial charge in [0.1, 0.15) is 5.75 Å². The molecule has 1 heterocycles. The molecule has 0 unspecified atom stereocenters. The molecule has 0 saturated carbocycles. The van der Waals surface area contributed by atoms with Crippen molar-refractivity contribution in [3.05, 3.63) is 54.2 Å². The summed E-state index contributed by atoms with van der Waals surface area (Å²) in [6.07, 6.45) is 12.1. The van der Waals surface area contributed by atoms with Crippen molar-refractivity contribution >= 4 is 10.9 Å². The third kappa shape index (κ3) is 5.59. The van der Waals surface area contributed by atoms with Gasteiger partial charge in [-0.05, 0) is 48.7 Å². The smallest absolute Gasteiger partial charge is 0.120 e. The minimum absolute atomic E-state index is 0.796. The Bertz CT molecular complexity index is 820. The predicted octanol–water partition coefficient (Wildman–Crippen LogP) is 6.72. The molecule has 0 bridgehead atoms. The summed E-state index contributed by atoms with van der Waals surface area (Å²) in [7, 11) is 0. The molecule has 0 fully saturated rings. The van der Waals surface area contributed by atoms with Crippen LogP contribution >= 0.6 is 0 Å². The highest BCUT2D eigenvalue weighted by Crippen LogP contribution is 2.22. The van der Waals surface area contributed by atoms with Gasteiger partial charge in [0.2, 0.25) is 0 Å². The number of aryl methyl sites for hydroxylation is 1. The first kappa shape index (κ1) is 19.5. The van der Waals surface area contributed by atoms with Crippen molar-refractivity contribution in [2.75, 3.05) is 6.61 Å². The summed E-state index contributed by atoms with van der Waals surface area (Å²) in [5.41, 5.74) is 3.48. The Balaban J connectivity index is 1.58. The minimum Gasteiger partial charge on any atom is -0.494 e. The minimum atomic E-state index is 0.796. The Morgan fingerprint density at radius 2 is 1.63 bits per heavy atom. The van der Waals surface area contributed by atoms with Crippen LogP contribution in [0.2, 0.25) is 0 Å². The standard InChI is InChI=1S/C24H32N2O/c1-3-5-6-7-8-9-17-27-23-15-16-24-21(18-23)19-26(25-24)22-13-11-20(10-4-2)12-14-22/h11-16,18-19H,3-10,17H2,1-2H3. The van der Waals surface area contributed by atoms with Gasteiger partial charge in [-0.25, -0.2) is 4.68 Å². The SMILES string of the molecule is CCCCCCCCOc1ccc2nn(-c3ccc(CCC)cc3)cc2c1. The third-order valence-corrected chi connectivity index (χ3v) is 4.98. The molecule has 0 aliphatic rings. The Kier molecular flexibility index (Phi) is 7.32. The van der Waals surface area contributed by atoms with Gasteiger partial charge in [0.15, 0.2) is 0 Å². The number of benzene rings is 2. The first-order valence-corrected chi connectivity index (χ1v) is 10.5. The van der Waals surface area contributed by atoms with E-state index < -0.39 is 0 Å². The van der Waals surface area contributed by atoms with Gasteiger partial charge < -0.3 is 4.74 Å². The maximum absolute atomic E-state index is 5.94. The molecule has 27 heavy (non-hydrogen) atoms. The van der Waals surface area contributed by atoms with Gasteiger partial charge in [0, 0.05) is 11.6 Å². The molecule has 0 aliphatic heterocycles. The lowest BCUT2D eigenvalue weighted by atomic mass is 10.1. The van der Waals surface area contributed by atoms with Crippen LogP contribution in [0, 0.1) is 0 Å². The number of hydrogen-bond acceptors (Lipinski definition) is 2. The van der Waals surface area contributed by atoms with E-state index >= 15 is 0 Å². The number of rotatable bonds is 11. The Labute approximate surface area is 163 Å². The summed E-state index contributed by atoms with van der Waals surface area (Å²) >= 11 is 0. The molecule has 0 aliphatic carbocycles. The molecule has 0 atom stereocenters. The second kappa shape index (κ2) is 10.1. The Morgan fingerprint density at radius 1 is 0.852 bits per heavy atom. The average Bonchev–Trinajstić information content (AvgIpc) is 3.11. The highest BCUT2D eigenvalue weighted by Gasteiger charge is 2.05. The summed E-state index contributed by atoms with van der Waals surface area (Å²) in [6.45, 7) is 5.26. The van der Waals surface area contributed by atoms with Crippen LogP contribution in [0.3, 0.4) is 0 Å². The third-order valence-electron chi connectivity index (χ3n) is 4.98. The Morgan fingerprint density at radius 3 is 2.41 bits per heavy atom. The van der Waals surface area contributed by atoms with E-state index in [4.69, 9.17) is 9.84 Å². The zero-order valence-corrected chi connectivity index (χ0v) is 16.8. The molecule has 3 heteroatoms. The quantitative estimate of drug-likeness (QED) is 0.353. The maximum Gasteiger partial charge on any atom is 0.120 e. The highest BCUT2D eigenvalue weighted by atomic mass is 16.5. The number of nitrogens with zero attached hydrogens (tertiary/aromatic N) is 2. The normalized spacial score (nSPS) is 11.2. The second-order valence-corrected chi connectivity index (χ2v) is 7.33. The Hall–Kier alpha value is -2.29. The van der Waals surface area contributed by atoms with Crippen molar-refractivity contribution in [2.45, 2.75) is 65.2 Å². The largest absolute Gasteiger partial charge is 0.494 e. The van der Waals surface area contributed by atoms with Crippen LogP contribution in [0.4, 0.5) is 0 Å². The first-order valence-electron chi connectivity index (χ1n) is 10.5. The molecule has 0 N–H and O–H groups in total. The van der Waals surface area contributed by atoms with Gasteiger partial charge in [-0.3, -0.25) is 0 Å². The van der Waals surface area contributed by atoms with Crippen molar-refractivity contribution < 1.29 is 4.74 Å². The number of hydrogen-bond donors (Lipinski definition) is 0. The zero-order chi connectivity index (χ0) is 18.9. The van der Waals surface area contributed by atoms with Crippen LogP contribution in [0.25, 0.3) is 16.6 Å². The number of ether oxygens (including phenoxy) is 1. The van der Waals surface area contributed by atoms with E-state index in [0.29, 0.717) is 0 Å². The average molecular weight is 365 g/mol. The molecule has 3 rings (SSSR count). The molecular weight excluding hydrogens is 332 g/mol. The van der Waals surface area contributed by atoms with E-state index in [1.807, 2.05) is 16.8 Å². The molecule has 3 aromatic rings. The van der Waals surface area contributed by atoms with Crippen LogP contribution in [0.5, 0.6) is 5.75 Å². The van der Waals surface area contributed by atoms with Gasteiger partial charge in [-0.2, -0.15) is 5.10 Å². The lowest BCUT2D eigenvalue weighted by Crippen LogP contribution is -1.97. The van der Waals surface area contributed by atoms with Crippen LogP contribution in [0.15, 0.2) is 48.7 Å². The van der Waals surface area contributed by atoms with Gasteiger partial charge in [0.05, 0.1) is 17.8 Å². The number of fused-ring (bicyclic) bond motifs is 1. The highest BCUT2D eigenvalue weighted by molar-refractivity contribution is 5.80. The number of unbranched alkanes of at least 4 members (excludes halogenated alkanes) is 5. The lowest BCUT2D eigenvalue weighted by Gasteiger charge is -2.05. The molecular formula is C24H32N2O. The van der Waals surface area contributed by atoms with E-state index in [1.54, 1.807) is 0 Å². The molecule has 0 saturated heterocycles. The van der Waals surface area contributed by atoms with Crippen LogP contribution < -0.4 is 4.74 Å². The van der Waals surface area contributed by atoms with E-state index in [1.165, 1.54) is 44.1 Å². The molecule has 3 nitrogen and oxygen atoms in total. The monoisotopic (exact) mass is 364 g/mol. The van der Waals surface area contributed by atoms with Gasteiger partial charge in [-0.15, -0.1) is 0 Å². The summed E-state index contributed by atoms with van der Waals surface area (Å²) in [4.78, 5) is 0. The predicted molar refractivity (Wildman–Crippen MR) is 114 cm³/mol. The van der Waals surface area contributed by atoms with Crippen LogP contribution in [-0.4, -0.2) is 16.4 Å². The van der Waals surface area contributed by atoms with E-state index in [2.05, 4.69) is 50.4 Å². The van der Waals surface area contributed by atoms with Crippen LogP contribution in [0.1, 0.15) is 64.4 Å². The molecule has 144 valence electrons. The van der Waals surface area contributed by atoms with Crippen LogP contribution in [-0.2, 0) is 6.42 Å². The molecule has 2 aromatic carbocycles. The number of aromatic nitrogens is 2. The maximum atomic E-state index is 5.94. The van der Waals surface area contributed by atoms with Crippen molar-refractivity contribution in [3.63, 3.8) is 0 Å². The summed E-state index contributed by atoms with van der Waals surface area (Å²) in [5.74, 6) is 0.939. The summed E-state index contributed by atoms with van der Waals surface area (Å²) in [5, 5.41) is 5.82. The van der Waals surface area contributed by atoms with Crippen molar-refractivity contribution in [3.8, 4) is 11.4 Å². The van der Waals surface area contributed by atoms with Gasteiger partial charge >= 0.3 is 0 Å². The van der Waals surface area contributed by atoms with E-state index in [-0.39, 0.29) is 0 Å². The zero-order valence-electron chi connectivity index (χ0n) is 16.8. The van der Waals surface area contributed by atoms with Gasteiger partial charge in [-0.1, -0.05) is 64.5 Å². The summed E-state index contributed by atoms with van der Waals surface area (Å²) < 4.78 is 7.90. The van der Waals surface area contributed by atoms with Crippen molar-refractivity contribution in [1.29, 1.82) is 0 Å². The molecule has 0 radical (unpaired) electrons. The second-order valence-electron chi connectivity index (χ2n) is 7.33. The van der Waals surface area contributed by atoms with E-state index in [0.717, 1.165) is 41.8 Å². The van der Waals surface area contributed by atoms with E-state index in [9.17, 15) is 0 Å². The fourth-order valence-corrected chi connectivity index (χ4v) is 3.40. The topological polar surface area (TPSA) is 27.1 Å². The van der Waals surface area contributed by atoms with Crippen molar-refractivity contribution in [1.82, 2.24) is 9.78 Å². The molecule has 1 aromatic heterocycles. The van der Waals surface area contributed by atoms with Crippen molar-refractivity contribution in [2.24, 2.45) is 0 Å². The fraction of sp³-hybridized carbons (Fsp3) is 0.458.